The van der Waals surface area contributed by atoms with Crippen molar-refractivity contribution in [1.82, 2.24) is 0 Å². The van der Waals surface area contributed by atoms with Crippen LogP contribution in [0.2, 0.25) is 0 Å². The van der Waals surface area contributed by atoms with E-state index in [1.165, 1.54) is 55.2 Å². The SMILES string of the molecule is CCCC/C(=C\B1OC(C)(C)C(C)(C)O1)c1cccc(CCCCCC(C)(C)C)c1. The summed E-state index contributed by atoms with van der Waals surface area (Å²) in [4.78, 5) is 0. The van der Waals surface area contributed by atoms with Gasteiger partial charge in [0.25, 0.3) is 0 Å². The maximum Gasteiger partial charge on any atom is 0.487 e. The van der Waals surface area contributed by atoms with Crippen molar-refractivity contribution in [2.24, 2.45) is 5.41 Å². The van der Waals surface area contributed by atoms with Crippen LogP contribution in [0.3, 0.4) is 0 Å². The monoisotopic (exact) mass is 412 g/mol. The minimum absolute atomic E-state index is 0.275. The summed E-state index contributed by atoms with van der Waals surface area (Å²) < 4.78 is 12.5. The second kappa shape index (κ2) is 10.5. The number of unbranched alkanes of at least 4 members (excludes halogenated alkanes) is 3. The van der Waals surface area contributed by atoms with Gasteiger partial charge in [0.2, 0.25) is 0 Å². The molecule has 0 amide bonds. The second-order valence-electron chi connectivity index (χ2n) is 11.2. The fourth-order valence-electron chi connectivity index (χ4n) is 3.90. The molecule has 0 aromatic heterocycles. The standard InChI is InChI=1S/C27H45BO2/c1-9-10-17-24(21-28-29-26(5,6)27(7,8)30-28)23-18-14-16-22(20-23)15-12-11-13-19-25(2,3)4/h14,16,18,20-21H,9-13,15,17,19H2,1-8H3/b24-21+. The number of hydrogen-bond donors (Lipinski definition) is 0. The van der Waals surface area contributed by atoms with E-state index in [1.807, 2.05) is 0 Å². The predicted octanol–water partition coefficient (Wildman–Crippen LogP) is 8.04. The van der Waals surface area contributed by atoms with E-state index in [0.29, 0.717) is 5.41 Å². The second-order valence-corrected chi connectivity index (χ2v) is 11.2. The number of hydrogen-bond acceptors (Lipinski definition) is 2. The first kappa shape index (κ1) is 25.2. The summed E-state index contributed by atoms with van der Waals surface area (Å²) in [7, 11) is -0.275. The van der Waals surface area contributed by atoms with Crippen LogP contribution in [-0.2, 0) is 15.7 Å². The molecular weight excluding hydrogens is 367 g/mol. The van der Waals surface area contributed by atoms with Gasteiger partial charge in [0.1, 0.15) is 0 Å². The Labute approximate surface area is 187 Å². The molecule has 1 aromatic carbocycles. The van der Waals surface area contributed by atoms with Crippen molar-refractivity contribution in [3.05, 3.63) is 41.4 Å². The van der Waals surface area contributed by atoms with E-state index >= 15 is 0 Å². The number of benzene rings is 1. The van der Waals surface area contributed by atoms with Gasteiger partial charge in [-0.1, -0.05) is 77.2 Å². The predicted molar refractivity (Wildman–Crippen MR) is 132 cm³/mol. The molecule has 0 saturated carbocycles. The number of aryl methyl sites for hydroxylation is 1. The fourth-order valence-corrected chi connectivity index (χ4v) is 3.90. The third-order valence-corrected chi connectivity index (χ3v) is 6.60. The Bertz CT molecular complexity index is 681. The molecule has 0 unspecified atom stereocenters. The van der Waals surface area contributed by atoms with E-state index in [-0.39, 0.29) is 18.3 Å². The van der Waals surface area contributed by atoms with Gasteiger partial charge >= 0.3 is 7.12 Å². The lowest BCUT2D eigenvalue weighted by molar-refractivity contribution is 0.00578. The van der Waals surface area contributed by atoms with E-state index in [2.05, 4.69) is 85.6 Å². The van der Waals surface area contributed by atoms with E-state index in [9.17, 15) is 0 Å². The van der Waals surface area contributed by atoms with Crippen LogP contribution in [0.5, 0.6) is 0 Å². The molecule has 0 N–H and O–H groups in total. The summed E-state index contributed by atoms with van der Waals surface area (Å²) in [5.41, 5.74) is 3.99. The molecule has 0 aliphatic carbocycles. The largest absolute Gasteiger partial charge is 0.487 e. The molecular formula is C27H45BO2. The lowest BCUT2D eigenvalue weighted by Gasteiger charge is -2.32. The van der Waals surface area contributed by atoms with Crippen LogP contribution >= 0.6 is 0 Å². The minimum atomic E-state index is -0.293. The third-order valence-electron chi connectivity index (χ3n) is 6.60. The summed E-state index contributed by atoms with van der Waals surface area (Å²) in [5, 5.41) is 0. The zero-order valence-corrected chi connectivity index (χ0v) is 20.9. The Morgan fingerprint density at radius 1 is 0.967 bits per heavy atom. The Morgan fingerprint density at radius 3 is 2.23 bits per heavy atom. The van der Waals surface area contributed by atoms with Crippen LogP contribution in [0.25, 0.3) is 5.57 Å². The molecule has 1 aliphatic heterocycles. The number of rotatable bonds is 10. The van der Waals surface area contributed by atoms with E-state index in [1.54, 1.807) is 0 Å². The minimum Gasteiger partial charge on any atom is -0.400 e. The smallest absolute Gasteiger partial charge is 0.400 e. The molecule has 1 aliphatic rings. The zero-order valence-electron chi connectivity index (χ0n) is 20.9. The van der Waals surface area contributed by atoms with Crippen LogP contribution in [0.15, 0.2) is 30.2 Å². The maximum atomic E-state index is 6.25. The molecule has 3 heteroatoms. The molecule has 1 heterocycles. The Morgan fingerprint density at radius 2 is 1.63 bits per heavy atom. The molecule has 2 nitrogen and oxygen atoms in total. The van der Waals surface area contributed by atoms with E-state index in [4.69, 9.17) is 9.31 Å². The Kier molecular flexibility index (Phi) is 8.83. The van der Waals surface area contributed by atoms with Crippen molar-refractivity contribution in [3.63, 3.8) is 0 Å². The summed E-state index contributed by atoms with van der Waals surface area (Å²) in [6.07, 6.45) is 9.82. The van der Waals surface area contributed by atoms with Crippen LogP contribution < -0.4 is 0 Å². The van der Waals surface area contributed by atoms with Gasteiger partial charge in [0.15, 0.2) is 0 Å². The summed E-state index contributed by atoms with van der Waals surface area (Å²) in [6.45, 7) is 17.7. The van der Waals surface area contributed by atoms with Crippen molar-refractivity contribution in [2.45, 2.75) is 118 Å². The molecule has 168 valence electrons. The summed E-state index contributed by atoms with van der Waals surface area (Å²) in [5.74, 6) is 2.22. The highest BCUT2D eigenvalue weighted by Crippen LogP contribution is 2.38. The van der Waals surface area contributed by atoms with Gasteiger partial charge in [0.05, 0.1) is 11.2 Å². The van der Waals surface area contributed by atoms with Gasteiger partial charge in [-0.15, -0.1) is 0 Å². The van der Waals surface area contributed by atoms with Crippen molar-refractivity contribution >= 4 is 12.7 Å². The van der Waals surface area contributed by atoms with Gasteiger partial charge in [0, 0.05) is 0 Å². The first-order valence-electron chi connectivity index (χ1n) is 12.1. The normalized spacial score (nSPS) is 18.8. The third kappa shape index (κ3) is 7.57. The van der Waals surface area contributed by atoms with Crippen LogP contribution in [-0.4, -0.2) is 18.3 Å². The molecule has 0 spiro atoms. The lowest BCUT2D eigenvalue weighted by Crippen LogP contribution is -2.41. The molecule has 1 fully saturated rings. The van der Waals surface area contributed by atoms with Gasteiger partial charge in [-0.05, 0) is 81.9 Å². The highest BCUT2D eigenvalue weighted by Gasteiger charge is 2.50. The topological polar surface area (TPSA) is 18.5 Å². The Balaban J connectivity index is 2.06. The van der Waals surface area contributed by atoms with Crippen molar-refractivity contribution in [3.8, 4) is 0 Å². The summed E-state index contributed by atoms with van der Waals surface area (Å²) >= 11 is 0. The van der Waals surface area contributed by atoms with E-state index in [0.717, 1.165) is 12.8 Å². The molecule has 1 aromatic rings. The van der Waals surface area contributed by atoms with E-state index < -0.39 is 0 Å². The van der Waals surface area contributed by atoms with Crippen LogP contribution in [0.1, 0.15) is 111 Å². The van der Waals surface area contributed by atoms with Crippen LogP contribution in [0.4, 0.5) is 0 Å². The van der Waals surface area contributed by atoms with Crippen molar-refractivity contribution in [1.29, 1.82) is 0 Å². The zero-order chi connectivity index (χ0) is 22.4. The quantitative estimate of drug-likeness (QED) is 0.286. The molecule has 2 rings (SSSR count). The first-order chi connectivity index (χ1) is 13.9. The average Bonchev–Trinajstić information content (AvgIpc) is 2.84. The molecule has 30 heavy (non-hydrogen) atoms. The van der Waals surface area contributed by atoms with Gasteiger partial charge in [-0.2, -0.15) is 0 Å². The average molecular weight is 412 g/mol. The molecule has 1 saturated heterocycles. The first-order valence-corrected chi connectivity index (χ1v) is 12.1. The van der Waals surface area contributed by atoms with Crippen LogP contribution in [0, 0.1) is 5.41 Å². The molecule has 0 bridgehead atoms. The summed E-state index contributed by atoms with van der Waals surface area (Å²) in [6, 6.07) is 9.12. The fraction of sp³-hybridized carbons (Fsp3) is 0.704. The van der Waals surface area contributed by atoms with Crippen molar-refractivity contribution < 1.29 is 9.31 Å². The lowest BCUT2D eigenvalue weighted by atomic mass is 9.83. The highest BCUT2D eigenvalue weighted by atomic mass is 16.7. The van der Waals surface area contributed by atoms with Crippen molar-refractivity contribution in [2.75, 3.05) is 0 Å². The van der Waals surface area contributed by atoms with Gasteiger partial charge in [-0.25, -0.2) is 0 Å². The molecule has 0 atom stereocenters. The van der Waals surface area contributed by atoms with Gasteiger partial charge in [-0.3, -0.25) is 0 Å². The van der Waals surface area contributed by atoms with Gasteiger partial charge < -0.3 is 9.31 Å². The Hall–Kier alpha value is -1.06. The highest BCUT2D eigenvalue weighted by molar-refractivity contribution is 6.53. The maximum absolute atomic E-state index is 6.25. The molecule has 0 radical (unpaired) electrons. The number of allylic oxidation sites excluding steroid dienone is 1.